The van der Waals surface area contributed by atoms with Gasteiger partial charge in [-0.1, -0.05) is 359 Å². The number of aliphatic hydroxyl groups is 11. The summed E-state index contributed by atoms with van der Waals surface area (Å²) in [5, 5.41) is 121. The molecule has 3 aliphatic heterocycles. The van der Waals surface area contributed by atoms with Crippen molar-refractivity contribution in [2.45, 2.75) is 484 Å². The highest BCUT2D eigenvalue weighted by Crippen LogP contribution is 2.34. The molecule has 3 aliphatic rings. The van der Waals surface area contributed by atoms with Crippen LogP contribution in [0.5, 0.6) is 0 Å². The van der Waals surface area contributed by atoms with Crippen molar-refractivity contribution in [3.05, 3.63) is 36.5 Å². The monoisotopic (exact) mass is 1510 g/mol. The molecule has 12 N–H and O–H groups in total. The van der Waals surface area contributed by atoms with Crippen LogP contribution in [0.2, 0.25) is 0 Å². The fourth-order valence-corrected chi connectivity index (χ4v) is 15.1. The molecule has 17 unspecified atom stereocenters. The third-order valence-electron chi connectivity index (χ3n) is 22.2. The highest BCUT2D eigenvalue weighted by Gasteiger charge is 2.54. The fraction of sp³-hybridized carbons (Fsp3) is 0.920. The number of carbonyl (C=O) groups is 1. The van der Waals surface area contributed by atoms with E-state index >= 15 is 0 Å². The van der Waals surface area contributed by atoms with E-state index in [9.17, 15) is 61.0 Å². The van der Waals surface area contributed by atoms with E-state index in [1.54, 1.807) is 6.08 Å². The van der Waals surface area contributed by atoms with E-state index < -0.39 is 124 Å². The summed E-state index contributed by atoms with van der Waals surface area (Å²) in [4.78, 5) is 13.5. The number of amides is 1. The molecule has 19 heteroatoms. The van der Waals surface area contributed by atoms with Crippen molar-refractivity contribution >= 4 is 5.91 Å². The van der Waals surface area contributed by atoms with E-state index in [1.165, 1.54) is 302 Å². The lowest BCUT2D eigenvalue weighted by Crippen LogP contribution is -2.66. The molecule has 0 saturated carbocycles. The molecular formula is C87H163NO18. The second-order valence-electron chi connectivity index (χ2n) is 31.7. The van der Waals surface area contributed by atoms with E-state index in [0.717, 1.165) is 51.4 Å². The van der Waals surface area contributed by atoms with Crippen molar-refractivity contribution in [2.24, 2.45) is 0 Å². The van der Waals surface area contributed by atoms with E-state index in [4.69, 9.17) is 28.4 Å². The molecule has 0 spiro atoms. The Labute approximate surface area is 644 Å². The summed E-state index contributed by atoms with van der Waals surface area (Å²) in [7, 11) is 0. The van der Waals surface area contributed by atoms with E-state index in [2.05, 4.69) is 43.5 Å². The quantitative estimate of drug-likeness (QED) is 0.0199. The molecule has 1 amide bonds. The van der Waals surface area contributed by atoms with Gasteiger partial charge in [0.25, 0.3) is 0 Å². The van der Waals surface area contributed by atoms with Gasteiger partial charge in [-0.25, -0.2) is 0 Å². The second-order valence-corrected chi connectivity index (χ2v) is 31.7. The number of hydrogen-bond acceptors (Lipinski definition) is 18. The van der Waals surface area contributed by atoms with Gasteiger partial charge in [-0.15, -0.1) is 0 Å². The lowest BCUT2D eigenvalue weighted by molar-refractivity contribution is -0.379. The van der Waals surface area contributed by atoms with E-state index in [0.29, 0.717) is 6.42 Å². The first kappa shape index (κ1) is 98.2. The molecule has 0 aromatic rings. The minimum absolute atomic E-state index is 0.248. The maximum Gasteiger partial charge on any atom is 0.220 e. The number of aliphatic hydroxyl groups excluding tert-OH is 11. The van der Waals surface area contributed by atoms with Crippen LogP contribution in [-0.4, -0.2) is 193 Å². The summed E-state index contributed by atoms with van der Waals surface area (Å²) >= 11 is 0. The third-order valence-corrected chi connectivity index (χ3v) is 22.2. The Morgan fingerprint density at radius 3 is 0.962 bits per heavy atom. The van der Waals surface area contributed by atoms with Crippen molar-refractivity contribution in [3.63, 3.8) is 0 Å². The smallest absolute Gasteiger partial charge is 0.220 e. The number of unbranched alkanes of at least 4 members (excludes halogenated alkanes) is 52. The Hall–Kier alpha value is -1.99. The molecule has 3 fully saturated rings. The van der Waals surface area contributed by atoms with Gasteiger partial charge in [-0.3, -0.25) is 4.79 Å². The van der Waals surface area contributed by atoms with Crippen LogP contribution in [0.4, 0.5) is 0 Å². The maximum absolute atomic E-state index is 13.5. The summed E-state index contributed by atoms with van der Waals surface area (Å²) in [5.41, 5.74) is 0. The van der Waals surface area contributed by atoms with Gasteiger partial charge in [0.05, 0.1) is 38.6 Å². The summed E-state index contributed by atoms with van der Waals surface area (Å²) in [6.45, 7) is 1.79. The Kier molecular flexibility index (Phi) is 62.5. The lowest BCUT2D eigenvalue weighted by Gasteiger charge is -2.48. The molecule has 19 nitrogen and oxygen atoms in total. The largest absolute Gasteiger partial charge is 0.394 e. The Balaban J connectivity index is 1.33. The van der Waals surface area contributed by atoms with E-state index in [-0.39, 0.29) is 18.9 Å². The number of rotatable bonds is 72. The summed E-state index contributed by atoms with van der Waals surface area (Å²) < 4.78 is 34.5. The standard InChI is InChI=1S/C87H163NO18/c1-3-5-7-9-11-13-15-17-19-21-23-25-27-29-31-32-33-34-35-36-37-38-39-41-43-45-47-49-51-53-55-57-59-61-63-65-75(93)88-70(71(92)64-62-60-58-56-54-52-50-48-46-44-42-40-30-28-26-24-22-20-18-16-14-12-10-8-6-4-2)69-101-85-81(99)78(96)83(73(67-90)103-85)106-87-82(100)79(97)84(74(68-91)104-87)105-86-80(98)77(95)76(94)72(66-89)102-86/h15,17,21,23,62,64,70-74,76-87,89-92,94-100H,3-14,16,18-20,22,24-61,63,65-69H2,1-2H3,(H,88,93)/b17-15-,23-21-,64-62+. The number of hydrogen-bond donors (Lipinski definition) is 12. The molecule has 0 radical (unpaired) electrons. The van der Waals surface area contributed by atoms with Gasteiger partial charge in [0.1, 0.15) is 73.2 Å². The number of allylic oxidation sites excluding steroid dienone is 5. The SMILES string of the molecule is CCCCCCC/C=C\C/C=C\CCCCCCCCCCCCCCCCCCCCCCCCCC(=O)NC(COC1OC(CO)C(OC2OC(CO)C(OC3OC(CO)C(O)C(O)C3O)C(O)C2O)C(O)C1O)C(O)/C=C/CCCCCCCCCCCCCCCCCCCCCCCCCC. The van der Waals surface area contributed by atoms with E-state index in [1.807, 2.05) is 6.08 Å². The van der Waals surface area contributed by atoms with Gasteiger partial charge in [0.15, 0.2) is 18.9 Å². The molecule has 3 heterocycles. The molecule has 0 aliphatic carbocycles. The first-order chi connectivity index (χ1) is 51.8. The van der Waals surface area contributed by atoms with Crippen molar-refractivity contribution in [3.8, 4) is 0 Å². The highest BCUT2D eigenvalue weighted by molar-refractivity contribution is 5.76. The summed E-state index contributed by atoms with van der Waals surface area (Å²) in [6.07, 6.45) is 58.6. The van der Waals surface area contributed by atoms with Crippen LogP contribution in [0.25, 0.3) is 0 Å². The van der Waals surface area contributed by atoms with Gasteiger partial charge < -0.3 is 89.9 Å². The molecule has 0 aromatic heterocycles. The van der Waals surface area contributed by atoms with Crippen molar-refractivity contribution in [1.29, 1.82) is 0 Å². The molecule has 0 bridgehead atoms. The van der Waals surface area contributed by atoms with Crippen molar-refractivity contribution in [1.82, 2.24) is 5.32 Å². The number of nitrogens with one attached hydrogen (secondary N) is 1. The molecule has 3 saturated heterocycles. The zero-order chi connectivity index (χ0) is 76.7. The number of ether oxygens (including phenoxy) is 6. The van der Waals surface area contributed by atoms with Crippen LogP contribution in [-0.2, 0) is 33.2 Å². The van der Waals surface area contributed by atoms with Crippen LogP contribution in [0.1, 0.15) is 380 Å². The predicted molar refractivity (Wildman–Crippen MR) is 425 cm³/mol. The van der Waals surface area contributed by atoms with Gasteiger partial charge in [-0.2, -0.15) is 0 Å². The fourth-order valence-electron chi connectivity index (χ4n) is 15.1. The normalized spacial score (nSPS) is 25.8. The molecule has 0 aromatic carbocycles. The third kappa shape index (κ3) is 46.3. The van der Waals surface area contributed by atoms with Crippen LogP contribution in [0.15, 0.2) is 36.5 Å². The number of carbonyl (C=O) groups excluding carboxylic acids is 1. The van der Waals surface area contributed by atoms with Crippen molar-refractivity contribution in [2.75, 3.05) is 26.4 Å². The van der Waals surface area contributed by atoms with Gasteiger partial charge in [-0.05, 0) is 51.4 Å². The Morgan fingerprint density at radius 2 is 0.623 bits per heavy atom. The average Bonchev–Trinajstić information content (AvgIpc) is 0.779. The molecule has 624 valence electrons. The van der Waals surface area contributed by atoms with Crippen LogP contribution in [0, 0.1) is 0 Å². The minimum Gasteiger partial charge on any atom is -0.394 e. The summed E-state index contributed by atoms with van der Waals surface area (Å²) in [5.74, 6) is -0.267. The predicted octanol–water partition coefficient (Wildman–Crippen LogP) is 16.2. The van der Waals surface area contributed by atoms with Crippen molar-refractivity contribution < 1.29 is 89.4 Å². The Bertz CT molecular complexity index is 2050. The average molecular weight is 1510 g/mol. The second kappa shape index (κ2) is 67.5. The van der Waals surface area contributed by atoms with Gasteiger partial charge >= 0.3 is 0 Å². The van der Waals surface area contributed by atoms with Crippen LogP contribution >= 0.6 is 0 Å². The molecule has 17 atom stereocenters. The maximum atomic E-state index is 13.5. The topological polar surface area (TPSA) is 307 Å². The first-order valence-electron chi connectivity index (χ1n) is 44.2. The molecule has 106 heavy (non-hydrogen) atoms. The molecular weight excluding hydrogens is 1350 g/mol. The Morgan fingerprint density at radius 1 is 0.340 bits per heavy atom. The first-order valence-corrected chi connectivity index (χ1v) is 44.2. The van der Waals surface area contributed by atoms with Gasteiger partial charge in [0.2, 0.25) is 5.91 Å². The van der Waals surface area contributed by atoms with Gasteiger partial charge in [0, 0.05) is 6.42 Å². The zero-order valence-electron chi connectivity index (χ0n) is 67.2. The summed E-state index contributed by atoms with van der Waals surface area (Å²) in [6, 6.07) is -0.973. The van der Waals surface area contributed by atoms with Crippen LogP contribution < -0.4 is 5.32 Å². The minimum atomic E-state index is -1.98. The zero-order valence-corrected chi connectivity index (χ0v) is 67.2. The lowest BCUT2D eigenvalue weighted by atomic mass is 9.96. The molecule has 3 rings (SSSR count). The van der Waals surface area contributed by atoms with Crippen LogP contribution in [0.3, 0.4) is 0 Å². The highest BCUT2D eigenvalue weighted by atomic mass is 16.8.